The molecule has 1 aliphatic carbocycles. The number of nitrogens with zero attached hydrogens (tertiary/aromatic N) is 2. The fourth-order valence-electron chi connectivity index (χ4n) is 2.21. The van der Waals surface area contributed by atoms with Gasteiger partial charge in [-0.3, -0.25) is 4.79 Å². The standard InChI is InChI=1S/C13H18N4O2/c1-3-11(18)15-9-4-5-10(8-9)16-13-14-7-6-12(17-13)19-2/h3,6-7,9-10H,1,4-5,8H2,2H3,(H,15,18)(H,14,16,17)/t9-,10-/m1/s1. The van der Waals surface area contributed by atoms with Crippen molar-refractivity contribution >= 4 is 11.9 Å². The Morgan fingerprint density at radius 3 is 3.05 bits per heavy atom. The lowest BCUT2D eigenvalue weighted by molar-refractivity contribution is -0.117. The quantitative estimate of drug-likeness (QED) is 0.778. The second-order valence-corrected chi connectivity index (χ2v) is 4.49. The van der Waals surface area contributed by atoms with Crippen LogP contribution < -0.4 is 15.4 Å². The van der Waals surface area contributed by atoms with Crippen molar-refractivity contribution in [3.05, 3.63) is 24.9 Å². The second kappa shape index (κ2) is 6.17. The monoisotopic (exact) mass is 262 g/mol. The maximum absolute atomic E-state index is 11.2. The maximum atomic E-state index is 11.2. The molecule has 1 aliphatic rings. The first-order chi connectivity index (χ1) is 9.21. The Kier molecular flexibility index (Phi) is 4.33. The number of amides is 1. The summed E-state index contributed by atoms with van der Waals surface area (Å²) in [5.41, 5.74) is 0. The summed E-state index contributed by atoms with van der Waals surface area (Å²) in [6.07, 6.45) is 5.73. The fourth-order valence-corrected chi connectivity index (χ4v) is 2.21. The number of hydrogen-bond donors (Lipinski definition) is 2. The van der Waals surface area contributed by atoms with Gasteiger partial charge in [0.2, 0.25) is 17.7 Å². The first-order valence-corrected chi connectivity index (χ1v) is 6.27. The van der Waals surface area contributed by atoms with E-state index in [1.807, 2.05) is 0 Å². The topological polar surface area (TPSA) is 76.1 Å². The summed E-state index contributed by atoms with van der Waals surface area (Å²) < 4.78 is 5.05. The summed E-state index contributed by atoms with van der Waals surface area (Å²) >= 11 is 0. The van der Waals surface area contributed by atoms with Gasteiger partial charge in [0.05, 0.1) is 7.11 Å². The van der Waals surface area contributed by atoms with Gasteiger partial charge in [-0.05, 0) is 25.3 Å². The van der Waals surface area contributed by atoms with Gasteiger partial charge >= 0.3 is 0 Å². The Balaban J connectivity index is 1.87. The van der Waals surface area contributed by atoms with E-state index in [0.29, 0.717) is 11.8 Å². The Labute approximate surface area is 112 Å². The van der Waals surface area contributed by atoms with Crippen molar-refractivity contribution in [1.29, 1.82) is 0 Å². The van der Waals surface area contributed by atoms with E-state index in [1.165, 1.54) is 6.08 Å². The minimum Gasteiger partial charge on any atom is -0.481 e. The molecule has 0 radical (unpaired) electrons. The lowest BCUT2D eigenvalue weighted by atomic mass is 10.2. The number of anilines is 1. The molecule has 19 heavy (non-hydrogen) atoms. The Hall–Kier alpha value is -2.11. The maximum Gasteiger partial charge on any atom is 0.243 e. The third-order valence-corrected chi connectivity index (χ3v) is 3.14. The SMILES string of the molecule is C=CC(=O)N[C@@H]1CC[C@@H](Nc2nccc(OC)n2)C1. The van der Waals surface area contributed by atoms with Gasteiger partial charge in [0.1, 0.15) is 0 Å². The number of carbonyl (C=O) groups excluding carboxylic acids is 1. The molecule has 1 saturated carbocycles. The Morgan fingerprint density at radius 1 is 1.53 bits per heavy atom. The van der Waals surface area contributed by atoms with Crippen LogP contribution in [0, 0.1) is 0 Å². The molecule has 0 bridgehead atoms. The van der Waals surface area contributed by atoms with E-state index in [4.69, 9.17) is 4.74 Å². The highest BCUT2D eigenvalue weighted by molar-refractivity contribution is 5.87. The predicted molar refractivity (Wildman–Crippen MR) is 72.0 cm³/mol. The van der Waals surface area contributed by atoms with Gasteiger partial charge in [0.15, 0.2) is 0 Å². The van der Waals surface area contributed by atoms with Crippen molar-refractivity contribution in [2.75, 3.05) is 12.4 Å². The largest absolute Gasteiger partial charge is 0.481 e. The molecule has 1 amide bonds. The molecule has 6 nitrogen and oxygen atoms in total. The number of carbonyl (C=O) groups is 1. The molecule has 1 fully saturated rings. The fraction of sp³-hybridized carbons (Fsp3) is 0.462. The zero-order valence-electron chi connectivity index (χ0n) is 10.9. The highest BCUT2D eigenvalue weighted by atomic mass is 16.5. The predicted octanol–water partition coefficient (Wildman–Crippen LogP) is 1.12. The van der Waals surface area contributed by atoms with E-state index in [-0.39, 0.29) is 18.0 Å². The Morgan fingerprint density at radius 2 is 2.32 bits per heavy atom. The van der Waals surface area contributed by atoms with Crippen LogP contribution in [0.5, 0.6) is 5.88 Å². The highest BCUT2D eigenvalue weighted by Gasteiger charge is 2.25. The zero-order chi connectivity index (χ0) is 13.7. The molecule has 1 aromatic rings. The van der Waals surface area contributed by atoms with Crippen LogP contribution in [0.2, 0.25) is 0 Å². The summed E-state index contributed by atoms with van der Waals surface area (Å²) in [4.78, 5) is 19.6. The second-order valence-electron chi connectivity index (χ2n) is 4.49. The molecular formula is C13H18N4O2. The summed E-state index contributed by atoms with van der Waals surface area (Å²) in [6, 6.07) is 2.16. The Bertz CT molecular complexity index is 464. The minimum atomic E-state index is -0.122. The molecule has 2 atom stereocenters. The van der Waals surface area contributed by atoms with Crippen molar-refractivity contribution in [3.8, 4) is 5.88 Å². The minimum absolute atomic E-state index is 0.122. The molecule has 0 spiro atoms. The zero-order valence-corrected chi connectivity index (χ0v) is 10.9. The van der Waals surface area contributed by atoms with Crippen LogP contribution in [-0.4, -0.2) is 35.1 Å². The smallest absolute Gasteiger partial charge is 0.243 e. The number of methoxy groups -OCH3 is 1. The van der Waals surface area contributed by atoms with Gasteiger partial charge in [0.25, 0.3) is 0 Å². The van der Waals surface area contributed by atoms with Gasteiger partial charge in [-0.2, -0.15) is 4.98 Å². The molecular weight excluding hydrogens is 244 g/mol. The van der Waals surface area contributed by atoms with E-state index in [9.17, 15) is 4.79 Å². The van der Waals surface area contributed by atoms with Gasteiger partial charge in [-0.1, -0.05) is 6.58 Å². The van der Waals surface area contributed by atoms with Gasteiger partial charge in [-0.25, -0.2) is 4.98 Å². The van der Waals surface area contributed by atoms with E-state index < -0.39 is 0 Å². The van der Waals surface area contributed by atoms with Crippen LogP contribution in [0.4, 0.5) is 5.95 Å². The lowest BCUT2D eigenvalue weighted by Gasteiger charge is -2.14. The molecule has 0 aromatic carbocycles. The molecule has 2 rings (SSSR count). The van der Waals surface area contributed by atoms with Crippen molar-refractivity contribution in [3.63, 3.8) is 0 Å². The van der Waals surface area contributed by atoms with Crippen LogP contribution in [0.3, 0.4) is 0 Å². The average Bonchev–Trinajstić information content (AvgIpc) is 2.86. The van der Waals surface area contributed by atoms with Crippen molar-refractivity contribution in [1.82, 2.24) is 15.3 Å². The first-order valence-electron chi connectivity index (χ1n) is 6.27. The number of aromatic nitrogens is 2. The molecule has 1 heterocycles. The molecule has 0 unspecified atom stereocenters. The summed E-state index contributed by atoms with van der Waals surface area (Å²) in [5, 5.41) is 6.16. The number of rotatable bonds is 5. The van der Waals surface area contributed by atoms with Crippen molar-refractivity contribution in [2.45, 2.75) is 31.3 Å². The average molecular weight is 262 g/mol. The van der Waals surface area contributed by atoms with Crippen molar-refractivity contribution in [2.24, 2.45) is 0 Å². The van der Waals surface area contributed by atoms with Crippen LogP contribution in [0.1, 0.15) is 19.3 Å². The van der Waals surface area contributed by atoms with E-state index in [0.717, 1.165) is 19.3 Å². The van der Waals surface area contributed by atoms with Gasteiger partial charge < -0.3 is 15.4 Å². The molecule has 6 heteroatoms. The van der Waals surface area contributed by atoms with E-state index in [2.05, 4.69) is 27.2 Å². The summed E-state index contributed by atoms with van der Waals surface area (Å²) in [5.74, 6) is 0.968. The van der Waals surface area contributed by atoms with Crippen LogP contribution in [0.25, 0.3) is 0 Å². The first kappa shape index (κ1) is 13.3. The molecule has 0 saturated heterocycles. The normalized spacial score (nSPS) is 21.7. The molecule has 2 N–H and O–H groups in total. The lowest BCUT2D eigenvalue weighted by Crippen LogP contribution is -2.32. The van der Waals surface area contributed by atoms with Crippen molar-refractivity contribution < 1.29 is 9.53 Å². The van der Waals surface area contributed by atoms with Gasteiger partial charge in [-0.15, -0.1) is 0 Å². The summed E-state index contributed by atoms with van der Waals surface area (Å²) in [6.45, 7) is 3.45. The highest BCUT2D eigenvalue weighted by Crippen LogP contribution is 2.22. The molecule has 1 aromatic heterocycles. The summed E-state index contributed by atoms with van der Waals surface area (Å²) in [7, 11) is 1.57. The number of nitrogens with one attached hydrogen (secondary N) is 2. The third kappa shape index (κ3) is 3.67. The molecule has 102 valence electrons. The van der Waals surface area contributed by atoms with E-state index in [1.54, 1.807) is 19.4 Å². The van der Waals surface area contributed by atoms with Gasteiger partial charge in [0, 0.05) is 24.3 Å². The molecule has 0 aliphatic heterocycles. The number of hydrogen-bond acceptors (Lipinski definition) is 5. The van der Waals surface area contributed by atoms with Crippen LogP contribution in [0.15, 0.2) is 24.9 Å². The van der Waals surface area contributed by atoms with E-state index >= 15 is 0 Å². The van der Waals surface area contributed by atoms with Crippen LogP contribution >= 0.6 is 0 Å². The number of ether oxygens (including phenoxy) is 1. The third-order valence-electron chi connectivity index (χ3n) is 3.14. The van der Waals surface area contributed by atoms with Crippen LogP contribution in [-0.2, 0) is 4.79 Å².